The van der Waals surface area contributed by atoms with Crippen LogP contribution >= 0.6 is 11.6 Å². The minimum absolute atomic E-state index is 0.209. The van der Waals surface area contributed by atoms with E-state index in [1.54, 1.807) is 7.05 Å². The number of fused-ring (bicyclic) bond motifs is 1. The molecule has 0 aliphatic carbocycles. The van der Waals surface area contributed by atoms with Crippen molar-refractivity contribution in [1.29, 1.82) is 0 Å². The quantitative estimate of drug-likeness (QED) is 0.459. The van der Waals surface area contributed by atoms with E-state index < -0.39 is 0 Å². The first-order chi connectivity index (χ1) is 13.6. The summed E-state index contributed by atoms with van der Waals surface area (Å²) in [6.45, 7) is 2.88. The van der Waals surface area contributed by atoms with Crippen LogP contribution in [-0.4, -0.2) is 42.3 Å². The van der Waals surface area contributed by atoms with Crippen LogP contribution in [-0.2, 0) is 24.4 Å². The first-order valence-corrected chi connectivity index (χ1v) is 9.95. The molecule has 2 aromatic carbocycles. The molecular weight excluding hydrogens is 372 g/mol. The summed E-state index contributed by atoms with van der Waals surface area (Å²) in [4.78, 5) is 20.8. The Morgan fingerprint density at radius 3 is 2.54 bits per heavy atom. The van der Waals surface area contributed by atoms with Crippen LogP contribution in [0.25, 0.3) is 0 Å². The minimum atomic E-state index is 0.209. The second kappa shape index (κ2) is 9.60. The van der Waals surface area contributed by atoms with Gasteiger partial charge >= 0.3 is 0 Å². The van der Waals surface area contributed by atoms with Gasteiger partial charge < -0.3 is 15.1 Å². The Morgan fingerprint density at radius 2 is 1.89 bits per heavy atom. The van der Waals surface area contributed by atoms with Gasteiger partial charge in [-0.15, -0.1) is 0 Å². The molecule has 2 aromatic rings. The maximum atomic E-state index is 12.5. The molecule has 0 bridgehead atoms. The molecule has 0 fully saturated rings. The Balaban J connectivity index is 1.40. The highest BCUT2D eigenvalue weighted by Crippen LogP contribution is 2.22. The highest BCUT2D eigenvalue weighted by molar-refractivity contribution is 6.30. The monoisotopic (exact) mass is 398 g/mol. The van der Waals surface area contributed by atoms with Gasteiger partial charge in [0.25, 0.3) is 0 Å². The fourth-order valence-corrected chi connectivity index (χ4v) is 3.69. The van der Waals surface area contributed by atoms with Gasteiger partial charge in [0, 0.05) is 51.7 Å². The summed E-state index contributed by atoms with van der Waals surface area (Å²) >= 11 is 6.06. The van der Waals surface area contributed by atoms with Crippen LogP contribution in [0.1, 0.15) is 29.5 Å². The van der Waals surface area contributed by atoms with E-state index in [1.165, 1.54) is 11.1 Å². The van der Waals surface area contributed by atoms with E-state index in [9.17, 15) is 4.79 Å². The molecule has 148 valence electrons. The molecule has 1 aliphatic rings. The SMILES string of the molecule is CN=C(NCCCC(=O)N1Cc2ccccc2C1)N(C)Cc1cccc(Cl)c1. The van der Waals surface area contributed by atoms with Crippen molar-refractivity contribution in [3.63, 3.8) is 0 Å². The lowest BCUT2D eigenvalue weighted by molar-refractivity contribution is -0.131. The smallest absolute Gasteiger partial charge is 0.223 e. The summed E-state index contributed by atoms with van der Waals surface area (Å²) < 4.78 is 0. The number of nitrogens with one attached hydrogen (secondary N) is 1. The first-order valence-electron chi connectivity index (χ1n) is 9.57. The number of amides is 1. The van der Waals surface area contributed by atoms with Gasteiger partial charge in [-0.05, 0) is 35.2 Å². The zero-order chi connectivity index (χ0) is 19.9. The fraction of sp³-hybridized carbons (Fsp3) is 0.364. The number of halogens is 1. The van der Waals surface area contributed by atoms with E-state index in [1.807, 2.05) is 53.2 Å². The number of carbonyl (C=O) groups is 1. The summed E-state index contributed by atoms with van der Waals surface area (Å²) in [6.07, 6.45) is 1.31. The number of hydrogen-bond acceptors (Lipinski definition) is 2. The highest BCUT2D eigenvalue weighted by Gasteiger charge is 2.22. The van der Waals surface area contributed by atoms with Gasteiger partial charge in [-0.25, -0.2) is 0 Å². The standard InChI is InChI=1S/C22H27ClN4O/c1-24-22(26(2)14-17-7-5-10-20(23)13-17)25-12-6-11-21(28)27-15-18-8-3-4-9-19(18)16-27/h3-5,7-10,13H,6,11-12,14-16H2,1-2H3,(H,24,25). The normalized spacial score (nSPS) is 13.4. The van der Waals surface area contributed by atoms with Crippen molar-refractivity contribution in [2.75, 3.05) is 20.6 Å². The van der Waals surface area contributed by atoms with Gasteiger partial charge in [0.15, 0.2) is 5.96 Å². The third kappa shape index (κ3) is 5.26. The van der Waals surface area contributed by atoms with Crippen LogP contribution in [0.15, 0.2) is 53.5 Å². The maximum Gasteiger partial charge on any atom is 0.223 e. The Hall–Kier alpha value is -2.53. The van der Waals surface area contributed by atoms with Gasteiger partial charge in [-0.3, -0.25) is 9.79 Å². The van der Waals surface area contributed by atoms with Crippen molar-refractivity contribution in [2.24, 2.45) is 4.99 Å². The molecule has 5 nitrogen and oxygen atoms in total. The Bertz CT molecular complexity index is 827. The van der Waals surface area contributed by atoms with Gasteiger partial charge in [0.2, 0.25) is 5.91 Å². The number of aliphatic imine (C=N–C) groups is 1. The zero-order valence-electron chi connectivity index (χ0n) is 16.5. The molecule has 1 heterocycles. The average molecular weight is 399 g/mol. The van der Waals surface area contributed by atoms with E-state index in [-0.39, 0.29) is 5.91 Å². The fourth-order valence-electron chi connectivity index (χ4n) is 3.48. The summed E-state index contributed by atoms with van der Waals surface area (Å²) in [5.74, 6) is 1.02. The molecule has 6 heteroatoms. The maximum absolute atomic E-state index is 12.5. The van der Waals surface area contributed by atoms with Crippen molar-refractivity contribution in [3.8, 4) is 0 Å². The third-order valence-electron chi connectivity index (χ3n) is 4.93. The van der Waals surface area contributed by atoms with E-state index in [4.69, 9.17) is 11.6 Å². The molecule has 1 amide bonds. The first kappa shape index (κ1) is 20.2. The highest BCUT2D eigenvalue weighted by atomic mass is 35.5. The lowest BCUT2D eigenvalue weighted by Crippen LogP contribution is -2.39. The molecule has 0 spiro atoms. The molecule has 0 unspecified atom stereocenters. The second-order valence-electron chi connectivity index (χ2n) is 7.08. The lowest BCUT2D eigenvalue weighted by Gasteiger charge is -2.22. The van der Waals surface area contributed by atoms with Gasteiger partial charge in [-0.1, -0.05) is 48.0 Å². The van der Waals surface area contributed by atoms with Gasteiger partial charge in [0.05, 0.1) is 0 Å². The molecule has 0 aromatic heterocycles. The van der Waals surface area contributed by atoms with Crippen molar-refractivity contribution < 1.29 is 4.79 Å². The molecule has 1 N–H and O–H groups in total. The van der Waals surface area contributed by atoms with Crippen LogP contribution in [0.4, 0.5) is 0 Å². The molecular formula is C22H27ClN4O. The second-order valence-corrected chi connectivity index (χ2v) is 7.52. The summed E-state index contributed by atoms with van der Waals surface area (Å²) in [5.41, 5.74) is 3.65. The van der Waals surface area contributed by atoms with Crippen LogP contribution < -0.4 is 5.32 Å². The predicted octanol–water partition coefficient (Wildman–Crippen LogP) is 3.67. The van der Waals surface area contributed by atoms with Gasteiger partial charge in [-0.2, -0.15) is 0 Å². The molecule has 3 rings (SSSR count). The Kier molecular flexibility index (Phi) is 6.93. The number of benzene rings is 2. The van der Waals surface area contributed by atoms with Crippen molar-refractivity contribution >= 4 is 23.5 Å². The number of carbonyl (C=O) groups excluding carboxylic acids is 1. The van der Waals surface area contributed by atoms with Gasteiger partial charge in [0.1, 0.15) is 0 Å². The predicted molar refractivity (Wildman–Crippen MR) is 114 cm³/mol. The third-order valence-corrected chi connectivity index (χ3v) is 5.16. The molecule has 0 saturated heterocycles. The molecule has 0 radical (unpaired) electrons. The summed E-state index contributed by atoms with van der Waals surface area (Å²) in [6, 6.07) is 16.1. The molecule has 0 saturated carbocycles. The Morgan fingerprint density at radius 1 is 1.18 bits per heavy atom. The number of nitrogens with zero attached hydrogens (tertiary/aromatic N) is 3. The minimum Gasteiger partial charge on any atom is -0.356 e. The Labute approximate surface area is 172 Å². The van der Waals surface area contributed by atoms with E-state index in [2.05, 4.69) is 22.4 Å². The molecule has 1 aliphatic heterocycles. The summed E-state index contributed by atoms with van der Waals surface area (Å²) in [5, 5.41) is 4.07. The molecule has 28 heavy (non-hydrogen) atoms. The topological polar surface area (TPSA) is 47.9 Å². The molecule has 0 atom stereocenters. The van der Waals surface area contributed by atoms with E-state index >= 15 is 0 Å². The van der Waals surface area contributed by atoms with Crippen LogP contribution in [0.3, 0.4) is 0 Å². The van der Waals surface area contributed by atoms with Crippen molar-refractivity contribution in [3.05, 3.63) is 70.2 Å². The van der Waals surface area contributed by atoms with Crippen molar-refractivity contribution in [1.82, 2.24) is 15.1 Å². The zero-order valence-corrected chi connectivity index (χ0v) is 17.2. The van der Waals surface area contributed by atoms with E-state index in [0.717, 1.165) is 36.1 Å². The van der Waals surface area contributed by atoms with Crippen LogP contribution in [0, 0.1) is 0 Å². The van der Waals surface area contributed by atoms with E-state index in [0.29, 0.717) is 19.5 Å². The number of rotatable bonds is 6. The average Bonchev–Trinajstić information content (AvgIpc) is 3.12. The number of guanidine groups is 1. The number of hydrogen-bond donors (Lipinski definition) is 1. The summed E-state index contributed by atoms with van der Waals surface area (Å²) in [7, 11) is 3.76. The van der Waals surface area contributed by atoms with Crippen molar-refractivity contribution in [2.45, 2.75) is 32.5 Å². The van der Waals surface area contributed by atoms with Crippen LogP contribution in [0.2, 0.25) is 5.02 Å². The largest absolute Gasteiger partial charge is 0.356 e. The lowest BCUT2D eigenvalue weighted by atomic mass is 10.1. The van der Waals surface area contributed by atoms with Crippen LogP contribution in [0.5, 0.6) is 0 Å².